The minimum absolute atomic E-state index is 0.199. The largest absolute Gasteiger partial charge is 0.352 e. The van der Waals surface area contributed by atoms with E-state index >= 15 is 0 Å². The molecular formula is C23H21FN2O2. The number of carbonyl (C=O) groups excluding carboxylic acids is 2. The van der Waals surface area contributed by atoms with Gasteiger partial charge in [0, 0.05) is 24.2 Å². The molecule has 0 bridgehead atoms. The van der Waals surface area contributed by atoms with Gasteiger partial charge in [0.25, 0.3) is 11.8 Å². The van der Waals surface area contributed by atoms with Gasteiger partial charge in [-0.15, -0.1) is 0 Å². The maximum Gasteiger partial charge on any atom is 0.251 e. The molecule has 0 aromatic heterocycles. The molecule has 3 rings (SSSR count). The highest BCUT2D eigenvalue weighted by molar-refractivity contribution is 5.97. The molecule has 0 fully saturated rings. The average Bonchev–Trinajstić information content (AvgIpc) is 2.74. The maximum absolute atomic E-state index is 13.6. The summed E-state index contributed by atoms with van der Waals surface area (Å²) >= 11 is 0. The summed E-state index contributed by atoms with van der Waals surface area (Å²) in [5.74, 6) is -0.731. The van der Waals surface area contributed by atoms with Crippen LogP contribution in [0.2, 0.25) is 0 Å². The van der Waals surface area contributed by atoms with Gasteiger partial charge >= 0.3 is 0 Å². The van der Waals surface area contributed by atoms with Gasteiger partial charge in [-0.25, -0.2) is 4.39 Å². The fourth-order valence-electron chi connectivity index (χ4n) is 2.77. The highest BCUT2D eigenvalue weighted by Crippen LogP contribution is 2.08. The van der Waals surface area contributed by atoms with Gasteiger partial charge in [0.2, 0.25) is 0 Å². The zero-order valence-electron chi connectivity index (χ0n) is 15.3. The molecule has 0 atom stereocenters. The lowest BCUT2D eigenvalue weighted by Crippen LogP contribution is -2.26. The van der Waals surface area contributed by atoms with Crippen molar-refractivity contribution in [3.05, 3.63) is 107 Å². The van der Waals surface area contributed by atoms with Gasteiger partial charge in [-0.1, -0.05) is 48.5 Å². The Kier molecular flexibility index (Phi) is 6.52. The van der Waals surface area contributed by atoms with Gasteiger partial charge in [-0.2, -0.15) is 0 Å². The molecule has 0 radical (unpaired) electrons. The van der Waals surface area contributed by atoms with E-state index in [2.05, 4.69) is 10.6 Å². The van der Waals surface area contributed by atoms with E-state index in [-0.39, 0.29) is 17.6 Å². The molecule has 0 heterocycles. The Labute approximate surface area is 163 Å². The highest BCUT2D eigenvalue weighted by atomic mass is 19.1. The van der Waals surface area contributed by atoms with E-state index in [0.717, 1.165) is 5.56 Å². The third-order valence-electron chi connectivity index (χ3n) is 4.34. The van der Waals surface area contributed by atoms with Gasteiger partial charge < -0.3 is 10.6 Å². The Hall–Kier alpha value is -3.47. The number of hydrogen-bond acceptors (Lipinski definition) is 2. The normalized spacial score (nSPS) is 10.3. The summed E-state index contributed by atoms with van der Waals surface area (Å²) in [4.78, 5) is 24.4. The molecule has 0 aliphatic rings. The van der Waals surface area contributed by atoms with E-state index < -0.39 is 0 Å². The number of carbonyl (C=O) groups is 2. The van der Waals surface area contributed by atoms with E-state index in [9.17, 15) is 14.0 Å². The van der Waals surface area contributed by atoms with Crippen LogP contribution in [0.15, 0.2) is 78.9 Å². The van der Waals surface area contributed by atoms with Crippen molar-refractivity contribution in [2.75, 3.05) is 6.54 Å². The van der Waals surface area contributed by atoms with Crippen molar-refractivity contribution in [1.29, 1.82) is 0 Å². The summed E-state index contributed by atoms with van der Waals surface area (Å²) in [6.07, 6.45) is 0.415. The van der Waals surface area contributed by atoms with E-state index in [1.807, 2.05) is 30.3 Å². The molecule has 0 aliphatic heterocycles. The number of halogens is 1. The average molecular weight is 376 g/mol. The lowest BCUT2D eigenvalue weighted by molar-refractivity contribution is 0.0940. The first-order valence-electron chi connectivity index (χ1n) is 9.07. The second-order valence-corrected chi connectivity index (χ2v) is 6.34. The van der Waals surface area contributed by atoms with E-state index in [4.69, 9.17) is 0 Å². The third kappa shape index (κ3) is 5.27. The zero-order valence-corrected chi connectivity index (χ0v) is 15.3. The van der Waals surface area contributed by atoms with Crippen LogP contribution in [-0.4, -0.2) is 18.4 Å². The minimum atomic E-state index is -0.275. The molecular weight excluding hydrogens is 355 g/mol. The van der Waals surface area contributed by atoms with Crippen molar-refractivity contribution >= 4 is 11.8 Å². The molecule has 2 amide bonds. The smallest absolute Gasteiger partial charge is 0.251 e. The van der Waals surface area contributed by atoms with Crippen molar-refractivity contribution in [3.8, 4) is 0 Å². The molecule has 4 nitrogen and oxygen atoms in total. The van der Waals surface area contributed by atoms with Crippen LogP contribution in [0.3, 0.4) is 0 Å². The monoisotopic (exact) mass is 376 g/mol. The standard InChI is InChI=1S/C23H21FN2O2/c24-21-9-5-4-8-18(21)14-15-25-22(27)19-10-12-20(13-11-19)23(28)26-16-17-6-2-1-3-7-17/h1-13H,14-16H2,(H,25,27)(H,26,28). The number of rotatable bonds is 7. The highest BCUT2D eigenvalue weighted by Gasteiger charge is 2.09. The van der Waals surface area contributed by atoms with E-state index in [1.165, 1.54) is 6.07 Å². The van der Waals surface area contributed by atoms with Crippen LogP contribution < -0.4 is 10.6 Å². The van der Waals surface area contributed by atoms with Crippen molar-refractivity contribution in [2.24, 2.45) is 0 Å². The Balaban J connectivity index is 1.49. The summed E-state index contributed by atoms with van der Waals surface area (Å²) in [6, 6.07) is 22.6. The number of nitrogens with one attached hydrogen (secondary N) is 2. The first-order valence-corrected chi connectivity index (χ1v) is 9.07. The lowest BCUT2D eigenvalue weighted by Gasteiger charge is -2.08. The van der Waals surface area contributed by atoms with Gasteiger partial charge in [0.1, 0.15) is 5.82 Å². The van der Waals surface area contributed by atoms with Crippen molar-refractivity contribution in [3.63, 3.8) is 0 Å². The van der Waals surface area contributed by atoms with Gasteiger partial charge in [-0.05, 0) is 47.9 Å². The molecule has 0 saturated carbocycles. The topological polar surface area (TPSA) is 58.2 Å². The first kappa shape index (κ1) is 19.3. The zero-order chi connectivity index (χ0) is 19.8. The Morgan fingerprint density at radius 2 is 1.29 bits per heavy atom. The summed E-state index contributed by atoms with van der Waals surface area (Å²) < 4.78 is 13.6. The molecule has 0 unspecified atom stereocenters. The first-order chi connectivity index (χ1) is 13.6. The van der Waals surface area contributed by atoms with Crippen LogP contribution in [0.4, 0.5) is 4.39 Å². The Morgan fingerprint density at radius 3 is 1.93 bits per heavy atom. The van der Waals surface area contributed by atoms with Crippen LogP contribution in [0.5, 0.6) is 0 Å². The van der Waals surface area contributed by atoms with Crippen LogP contribution in [-0.2, 0) is 13.0 Å². The number of hydrogen-bond donors (Lipinski definition) is 2. The van der Waals surface area contributed by atoms with Crippen molar-refractivity contribution in [1.82, 2.24) is 10.6 Å². The fourth-order valence-corrected chi connectivity index (χ4v) is 2.77. The predicted molar refractivity (Wildman–Crippen MR) is 106 cm³/mol. The van der Waals surface area contributed by atoms with E-state index in [0.29, 0.717) is 36.2 Å². The quantitative estimate of drug-likeness (QED) is 0.660. The van der Waals surface area contributed by atoms with Crippen LogP contribution in [0.1, 0.15) is 31.8 Å². The summed E-state index contributed by atoms with van der Waals surface area (Å²) in [7, 11) is 0. The van der Waals surface area contributed by atoms with Gasteiger partial charge in [0.05, 0.1) is 0 Å². The molecule has 3 aromatic carbocycles. The number of amides is 2. The molecule has 2 N–H and O–H groups in total. The molecule has 28 heavy (non-hydrogen) atoms. The van der Waals surface area contributed by atoms with Crippen molar-refractivity contribution < 1.29 is 14.0 Å². The van der Waals surface area contributed by atoms with Gasteiger partial charge in [0.15, 0.2) is 0 Å². The summed E-state index contributed by atoms with van der Waals surface area (Å²) in [6.45, 7) is 0.775. The summed E-state index contributed by atoms with van der Waals surface area (Å²) in [5.41, 5.74) is 2.52. The maximum atomic E-state index is 13.6. The molecule has 0 saturated heterocycles. The van der Waals surface area contributed by atoms with Crippen LogP contribution >= 0.6 is 0 Å². The summed E-state index contributed by atoms with van der Waals surface area (Å²) in [5, 5.41) is 5.61. The Morgan fingerprint density at radius 1 is 0.714 bits per heavy atom. The van der Waals surface area contributed by atoms with E-state index in [1.54, 1.807) is 42.5 Å². The molecule has 3 aromatic rings. The number of benzene rings is 3. The van der Waals surface area contributed by atoms with Gasteiger partial charge in [-0.3, -0.25) is 9.59 Å². The minimum Gasteiger partial charge on any atom is -0.352 e. The second-order valence-electron chi connectivity index (χ2n) is 6.34. The molecule has 142 valence electrons. The van der Waals surface area contributed by atoms with Crippen LogP contribution in [0, 0.1) is 5.82 Å². The van der Waals surface area contributed by atoms with Crippen LogP contribution in [0.25, 0.3) is 0 Å². The molecule has 0 spiro atoms. The lowest BCUT2D eigenvalue weighted by atomic mass is 10.1. The third-order valence-corrected chi connectivity index (χ3v) is 4.34. The second kappa shape index (κ2) is 9.46. The fraction of sp³-hybridized carbons (Fsp3) is 0.130. The molecule has 0 aliphatic carbocycles. The predicted octanol–water partition coefficient (Wildman–Crippen LogP) is 3.73. The van der Waals surface area contributed by atoms with Crippen molar-refractivity contribution in [2.45, 2.75) is 13.0 Å². The Bertz CT molecular complexity index is 940. The SMILES string of the molecule is O=C(NCCc1ccccc1F)c1ccc(C(=O)NCc2ccccc2)cc1. The molecule has 5 heteroatoms.